The molecule has 0 spiro atoms. The lowest BCUT2D eigenvalue weighted by molar-refractivity contribution is 0.0695. The van der Waals surface area contributed by atoms with E-state index in [2.05, 4.69) is 20.2 Å². The second kappa shape index (κ2) is 18.2. The van der Waals surface area contributed by atoms with Gasteiger partial charge in [0, 0.05) is 35.5 Å². The number of benzene rings is 2. The standard InChI is InChI=1S/C20H21N3O2.C11H10N2O2.C8H12N2O.CH4/c1-13-11-14(2)22-20(25)17(13)9-10-19(24)18-12-21-23(15(18)3)16-7-5-4-6-8-16;1-8-10(11(14)15)7-12-13(8)9-5-3-2-4-6-9;1-5-3-6(2)10-8(11)7(5)4-9;/h4-8,11-12H,9-10H2,1-3H3,(H,22,25);2-7H,1H3,(H,14,15);3H,4,9H2,1-2H3,(H,10,11);1H4. The minimum Gasteiger partial charge on any atom is -0.478 e. The summed E-state index contributed by atoms with van der Waals surface area (Å²) in [5.41, 5.74) is 14.2. The molecule has 0 aliphatic rings. The van der Waals surface area contributed by atoms with E-state index in [-0.39, 0.29) is 36.3 Å². The van der Waals surface area contributed by atoms with Gasteiger partial charge in [-0.25, -0.2) is 14.2 Å². The first-order valence-electron chi connectivity index (χ1n) is 16.4. The summed E-state index contributed by atoms with van der Waals surface area (Å²) in [5.74, 6) is -0.950. The van der Waals surface area contributed by atoms with Crippen molar-refractivity contribution < 1.29 is 14.7 Å². The molecular formula is C40H47N7O5. The lowest BCUT2D eigenvalue weighted by Crippen LogP contribution is -2.18. The van der Waals surface area contributed by atoms with Crippen molar-refractivity contribution in [2.24, 2.45) is 5.73 Å². The van der Waals surface area contributed by atoms with Gasteiger partial charge in [0.15, 0.2) is 5.78 Å². The molecule has 0 saturated carbocycles. The zero-order valence-electron chi connectivity index (χ0n) is 29.7. The molecule has 0 atom stereocenters. The van der Waals surface area contributed by atoms with Gasteiger partial charge in [-0.2, -0.15) is 10.2 Å². The SMILES string of the molecule is C.Cc1c(C(=O)O)cnn1-c1ccccc1.Cc1cc(C)c(CCC(=O)c2cnn(-c3ccccc3)c2C)c(=O)[nH]1.Cc1cc(C)c(CN)c(=O)[nH]1. The van der Waals surface area contributed by atoms with Crippen molar-refractivity contribution in [2.45, 2.75) is 68.4 Å². The van der Waals surface area contributed by atoms with Crippen molar-refractivity contribution in [2.75, 3.05) is 0 Å². The Morgan fingerprint density at radius 2 is 1.12 bits per heavy atom. The molecule has 52 heavy (non-hydrogen) atoms. The third-order valence-electron chi connectivity index (χ3n) is 8.35. The molecule has 6 aromatic rings. The van der Waals surface area contributed by atoms with Gasteiger partial charge in [0.25, 0.3) is 11.1 Å². The number of Topliss-reactive ketones (excluding diaryl/α,β-unsaturated/α-hetero) is 1. The van der Waals surface area contributed by atoms with Crippen molar-refractivity contribution in [3.63, 3.8) is 0 Å². The van der Waals surface area contributed by atoms with Gasteiger partial charge in [-0.15, -0.1) is 0 Å². The molecule has 0 saturated heterocycles. The van der Waals surface area contributed by atoms with Gasteiger partial charge in [-0.3, -0.25) is 14.4 Å². The Hall–Kier alpha value is -6.14. The van der Waals surface area contributed by atoms with Crippen LogP contribution in [0.25, 0.3) is 11.4 Å². The number of rotatable bonds is 8. The normalized spacial score (nSPS) is 10.3. The van der Waals surface area contributed by atoms with Crippen LogP contribution in [0, 0.1) is 41.5 Å². The maximum absolute atomic E-state index is 12.6. The number of nitrogens with two attached hydrogens (primary N) is 1. The van der Waals surface area contributed by atoms with Crippen LogP contribution in [0.15, 0.2) is 94.8 Å². The average molecular weight is 706 g/mol. The molecular weight excluding hydrogens is 658 g/mol. The van der Waals surface area contributed by atoms with E-state index in [4.69, 9.17) is 10.8 Å². The summed E-state index contributed by atoms with van der Waals surface area (Å²) in [6, 6.07) is 23.0. The number of aryl methyl sites for hydroxylation is 4. The first-order chi connectivity index (χ1) is 24.3. The number of hydrogen-bond acceptors (Lipinski definition) is 7. The Bertz CT molecular complexity index is 2250. The lowest BCUT2D eigenvalue weighted by Gasteiger charge is -2.07. The molecule has 0 aliphatic carbocycles. The van der Waals surface area contributed by atoms with Crippen LogP contribution in [-0.4, -0.2) is 46.4 Å². The van der Waals surface area contributed by atoms with Crippen LogP contribution in [0.2, 0.25) is 0 Å². The predicted molar refractivity (Wildman–Crippen MR) is 204 cm³/mol. The number of nitrogens with zero attached hydrogens (tertiary/aromatic N) is 4. The van der Waals surface area contributed by atoms with Crippen molar-refractivity contribution >= 4 is 11.8 Å². The van der Waals surface area contributed by atoms with Crippen LogP contribution in [0.3, 0.4) is 0 Å². The van der Waals surface area contributed by atoms with Crippen LogP contribution >= 0.6 is 0 Å². The molecule has 6 rings (SSSR count). The summed E-state index contributed by atoms with van der Waals surface area (Å²) in [5, 5.41) is 17.3. The fourth-order valence-corrected chi connectivity index (χ4v) is 5.66. The van der Waals surface area contributed by atoms with Gasteiger partial charge < -0.3 is 20.8 Å². The number of aromatic nitrogens is 6. The van der Waals surface area contributed by atoms with Crippen LogP contribution in [0.5, 0.6) is 0 Å². The summed E-state index contributed by atoms with van der Waals surface area (Å²) < 4.78 is 3.38. The molecule has 4 aromatic heterocycles. The molecule has 12 nitrogen and oxygen atoms in total. The third-order valence-corrected chi connectivity index (χ3v) is 8.35. The fraction of sp³-hybridized carbons (Fsp3) is 0.250. The Balaban J connectivity index is 0.000000230. The number of carbonyl (C=O) groups excluding carboxylic acids is 1. The second-order valence-electron chi connectivity index (χ2n) is 12.1. The molecule has 0 aliphatic heterocycles. The molecule has 0 amide bonds. The summed E-state index contributed by atoms with van der Waals surface area (Å²) in [6.45, 7) is 11.4. The Labute approximate surface area is 303 Å². The molecule has 0 bridgehead atoms. The molecule has 12 heteroatoms. The number of H-pyrrole nitrogens is 2. The highest BCUT2D eigenvalue weighted by Gasteiger charge is 2.17. The number of aromatic amines is 2. The molecule has 0 fully saturated rings. The number of pyridine rings is 2. The molecule has 5 N–H and O–H groups in total. The number of aromatic carboxylic acids is 1. The van der Waals surface area contributed by atoms with Crippen LogP contribution < -0.4 is 16.9 Å². The monoisotopic (exact) mass is 705 g/mol. The fourth-order valence-electron chi connectivity index (χ4n) is 5.66. The molecule has 0 unspecified atom stereocenters. The van der Waals surface area contributed by atoms with Crippen molar-refractivity contribution in [1.29, 1.82) is 0 Å². The maximum atomic E-state index is 12.6. The highest BCUT2D eigenvalue weighted by atomic mass is 16.4. The van der Waals surface area contributed by atoms with E-state index < -0.39 is 5.97 Å². The Kier molecular flexibility index (Phi) is 14.1. The Morgan fingerprint density at radius 1 is 0.692 bits per heavy atom. The van der Waals surface area contributed by atoms with Crippen LogP contribution in [0.1, 0.15) is 79.6 Å². The van der Waals surface area contributed by atoms with E-state index in [0.717, 1.165) is 39.6 Å². The summed E-state index contributed by atoms with van der Waals surface area (Å²) in [7, 11) is 0. The van der Waals surface area contributed by atoms with E-state index in [0.29, 0.717) is 35.3 Å². The average Bonchev–Trinajstić information content (AvgIpc) is 3.67. The van der Waals surface area contributed by atoms with Crippen molar-refractivity contribution in [3.8, 4) is 11.4 Å². The van der Waals surface area contributed by atoms with Gasteiger partial charge in [-0.05, 0) is 95.5 Å². The van der Waals surface area contributed by atoms with E-state index in [9.17, 15) is 19.2 Å². The highest BCUT2D eigenvalue weighted by molar-refractivity contribution is 5.97. The second-order valence-corrected chi connectivity index (χ2v) is 12.1. The summed E-state index contributed by atoms with van der Waals surface area (Å²) >= 11 is 0. The third kappa shape index (κ3) is 9.76. The topological polar surface area (TPSA) is 182 Å². The van der Waals surface area contributed by atoms with Crippen LogP contribution in [0.4, 0.5) is 0 Å². The number of nitrogens with one attached hydrogen (secondary N) is 2. The van der Waals surface area contributed by atoms with Gasteiger partial charge >= 0.3 is 5.97 Å². The first kappa shape index (κ1) is 40.3. The predicted octanol–water partition coefficient (Wildman–Crippen LogP) is 6.27. The zero-order chi connectivity index (χ0) is 37.2. The molecule has 2 aromatic carbocycles. The number of carboxylic acids is 1. The quantitative estimate of drug-likeness (QED) is 0.134. The molecule has 4 heterocycles. The van der Waals surface area contributed by atoms with E-state index >= 15 is 0 Å². The van der Waals surface area contributed by atoms with Gasteiger partial charge in [0.1, 0.15) is 5.56 Å². The van der Waals surface area contributed by atoms with Crippen molar-refractivity contribution in [3.05, 3.63) is 162 Å². The smallest absolute Gasteiger partial charge is 0.339 e. The summed E-state index contributed by atoms with van der Waals surface area (Å²) in [6.07, 6.45) is 3.69. The molecule has 272 valence electrons. The number of ketones is 1. The van der Waals surface area contributed by atoms with E-state index in [1.54, 1.807) is 22.5 Å². The number of carboxylic acid groups (broad SMARTS) is 1. The maximum Gasteiger partial charge on any atom is 0.339 e. The minimum atomic E-state index is -0.949. The number of para-hydroxylation sites is 2. The van der Waals surface area contributed by atoms with E-state index in [1.165, 1.54) is 6.20 Å². The Morgan fingerprint density at radius 3 is 1.52 bits per heavy atom. The van der Waals surface area contributed by atoms with Crippen molar-refractivity contribution in [1.82, 2.24) is 29.5 Å². The lowest BCUT2D eigenvalue weighted by atomic mass is 10.0. The van der Waals surface area contributed by atoms with Crippen LogP contribution in [-0.2, 0) is 13.0 Å². The van der Waals surface area contributed by atoms with Gasteiger partial charge in [0.05, 0.1) is 40.7 Å². The van der Waals surface area contributed by atoms with Gasteiger partial charge in [0.2, 0.25) is 0 Å². The first-order valence-corrected chi connectivity index (χ1v) is 16.4. The minimum absolute atomic E-state index is 0. The highest BCUT2D eigenvalue weighted by Crippen LogP contribution is 2.17. The zero-order valence-corrected chi connectivity index (χ0v) is 29.7. The molecule has 0 radical (unpaired) electrons. The number of hydrogen-bond donors (Lipinski definition) is 4. The summed E-state index contributed by atoms with van der Waals surface area (Å²) in [4.78, 5) is 52.2. The van der Waals surface area contributed by atoms with Gasteiger partial charge in [-0.1, -0.05) is 43.8 Å². The largest absolute Gasteiger partial charge is 0.478 e. The number of carbonyl (C=O) groups is 2. The van der Waals surface area contributed by atoms with E-state index in [1.807, 2.05) is 107 Å².